The number of likely N-dealkylation sites (N-methyl/N-ethyl adjacent to an activating group) is 1. The van der Waals surface area contributed by atoms with Crippen LogP contribution in [0.25, 0.3) is 11.0 Å². The summed E-state index contributed by atoms with van der Waals surface area (Å²) in [5.41, 5.74) is 2.92. The molecule has 1 aromatic carbocycles. The van der Waals surface area contributed by atoms with Crippen LogP contribution in [0.15, 0.2) is 24.5 Å². The lowest BCUT2D eigenvalue weighted by Crippen LogP contribution is -2.20. The van der Waals surface area contributed by atoms with Gasteiger partial charge in [0.15, 0.2) is 0 Å². The number of aliphatic hydroxyl groups is 1. The van der Waals surface area contributed by atoms with Gasteiger partial charge in [0.05, 0.1) is 23.5 Å². The Hall–Kier alpha value is -1.39. The molecule has 0 spiro atoms. The molecule has 4 nitrogen and oxygen atoms in total. The first-order valence-corrected chi connectivity index (χ1v) is 5.52. The van der Waals surface area contributed by atoms with Crippen molar-refractivity contribution in [3.63, 3.8) is 0 Å². The normalized spacial score (nSPS) is 13.2. The van der Waals surface area contributed by atoms with Crippen molar-refractivity contribution in [1.82, 2.24) is 14.9 Å². The molecular weight excluding hydrogens is 202 g/mol. The zero-order chi connectivity index (χ0) is 11.5. The predicted octanol–water partition coefficient (Wildman–Crippen LogP) is 1.22. The van der Waals surface area contributed by atoms with E-state index in [1.54, 1.807) is 6.33 Å². The summed E-state index contributed by atoms with van der Waals surface area (Å²) >= 11 is 0. The molecule has 0 radical (unpaired) electrons. The minimum atomic E-state index is -0.466. The van der Waals surface area contributed by atoms with Gasteiger partial charge in [-0.05, 0) is 24.2 Å². The maximum atomic E-state index is 9.92. The summed E-state index contributed by atoms with van der Waals surface area (Å²) in [6, 6.07) is 5.89. The monoisotopic (exact) mass is 219 g/mol. The molecule has 0 saturated heterocycles. The molecule has 0 aliphatic rings. The Labute approximate surface area is 94.9 Å². The molecule has 0 saturated carbocycles. The Bertz CT molecular complexity index is 478. The molecule has 0 fully saturated rings. The first-order valence-electron chi connectivity index (χ1n) is 5.52. The summed E-state index contributed by atoms with van der Waals surface area (Å²) in [5, 5.41) is 13.0. The largest absolute Gasteiger partial charge is 0.387 e. The van der Waals surface area contributed by atoms with E-state index in [1.165, 1.54) is 0 Å². The number of nitrogens with one attached hydrogen (secondary N) is 1. The van der Waals surface area contributed by atoms with Crippen molar-refractivity contribution in [3.05, 3.63) is 30.1 Å². The lowest BCUT2D eigenvalue weighted by Gasteiger charge is -2.11. The van der Waals surface area contributed by atoms with Crippen molar-refractivity contribution in [2.24, 2.45) is 7.05 Å². The van der Waals surface area contributed by atoms with Gasteiger partial charge >= 0.3 is 0 Å². The van der Waals surface area contributed by atoms with Gasteiger partial charge in [-0.2, -0.15) is 0 Å². The van der Waals surface area contributed by atoms with Crippen molar-refractivity contribution in [2.75, 3.05) is 13.1 Å². The molecular formula is C12H17N3O. The average molecular weight is 219 g/mol. The molecule has 1 aromatic heterocycles. The van der Waals surface area contributed by atoms with Crippen molar-refractivity contribution >= 4 is 11.0 Å². The Morgan fingerprint density at radius 1 is 1.50 bits per heavy atom. The number of nitrogens with zero attached hydrogens (tertiary/aromatic N) is 2. The lowest BCUT2D eigenvalue weighted by atomic mass is 10.1. The first-order chi connectivity index (χ1) is 7.72. The summed E-state index contributed by atoms with van der Waals surface area (Å²) in [7, 11) is 1.96. The highest BCUT2D eigenvalue weighted by molar-refractivity contribution is 5.76. The van der Waals surface area contributed by atoms with Crippen molar-refractivity contribution < 1.29 is 5.11 Å². The molecule has 2 N–H and O–H groups in total. The maximum Gasteiger partial charge on any atom is 0.0955 e. The Morgan fingerprint density at radius 2 is 2.31 bits per heavy atom. The molecule has 0 amide bonds. The molecule has 1 atom stereocenters. The molecule has 86 valence electrons. The van der Waals surface area contributed by atoms with E-state index in [9.17, 15) is 5.11 Å². The van der Waals surface area contributed by atoms with E-state index in [0.29, 0.717) is 6.54 Å². The van der Waals surface area contributed by atoms with Crippen LogP contribution >= 0.6 is 0 Å². The molecule has 4 heteroatoms. The summed E-state index contributed by atoms with van der Waals surface area (Å²) in [4.78, 5) is 4.27. The predicted molar refractivity (Wildman–Crippen MR) is 64.2 cm³/mol. The van der Waals surface area contributed by atoms with E-state index in [0.717, 1.165) is 23.1 Å². The van der Waals surface area contributed by atoms with Crippen LogP contribution in [-0.2, 0) is 7.05 Å². The number of hydrogen-bond acceptors (Lipinski definition) is 3. The zero-order valence-electron chi connectivity index (χ0n) is 9.64. The van der Waals surface area contributed by atoms with Gasteiger partial charge in [0, 0.05) is 13.6 Å². The standard InChI is InChI=1S/C12H17N3O/c1-3-13-7-12(16)9-4-5-11-10(6-9)14-8-15(11)2/h4-6,8,12-13,16H,3,7H2,1-2H3. The third-order valence-electron chi connectivity index (χ3n) is 2.72. The fourth-order valence-electron chi connectivity index (χ4n) is 1.76. The molecule has 1 unspecified atom stereocenters. The number of hydrogen-bond donors (Lipinski definition) is 2. The quantitative estimate of drug-likeness (QED) is 0.812. The smallest absolute Gasteiger partial charge is 0.0955 e. The number of fused-ring (bicyclic) bond motifs is 1. The zero-order valence-corrected chi connectivity index (χ0v) is 9.64. The molecule has 2 rings (SSSR count). The highest BCUT2D eigenvalue weighted by Crippen LogP contribution is 2.18. The van der Waals surface area contributed by atoms with Gasteiger partial charge in [-0.25, -0.2) is 4.98 Å². The number of aromatic nitrogens is 2. The SMILES string of the molecule is CCNCC(O)c1ccc2c(c1)ncn2C. The van der Waals surface area contributed by atoms with Crippen LogP contribution in [0.2, 0.25) is 0 Å². The number of benzene rings is 1. The van der Waals surface area contributed by atoms with Gasteiger partial charge in [0.25, 0.3) is 0 Å². The summed E-state index contributed by atoms with van der Waals surface area (Å²) in [5.74, 6) is 0. The molecule has 0 aliphatic carbocycles. The second kappa shape index (κ2) is 4.63. The number of rotatable bonds is 4. The maximum absolute atomic E-state index is 9.92. The number of aryl methyl sites for hydroxylation is 1. The van der Waals surface area contributed by atoms with E-state index in [4.69, 9.17) is 0 Å². The van der Waals surface area contributed by atoms with Crippen LogP contribution in [0.4, 0.5) is 0 Å². The van der Waals surface area contributed by atoms with Crippen LogP contribution in [0.1, 0.15) is 18.6 Å². The van der Waals surface area contributed by atoms with Crippen LogP contribution in [0.3, 0.4) is 0 Å². The van der Waals surface area contributed by atoms with Gasteiger partial charge in [0.2, 0.25) is 0 Å². The van der Waals surface area contributed by atoms with Gasteiger partial charge in [-0.3, -0.25) is 0 Å². The van der Waals surface area contributed by atoms with E-state index >= 15 is 0 Å². The molecule has 2 aromatic rings. The number of aliphatic hydroxyl groups excluding tert-OH is 1. The fourth-order valence-corrected chi connectivity index (χ4v) is 1.76. The molecule has 1 heterocycles. The van der Waals surface area contributed by atoms with E-state index in [1.807, 2.05) is 36.7 Å². The molecule has 0 aliphatic heterocycles. The third kappa shape index (κ3) is 2.08. The van der Waals surface area contributed by atoms with E-state index in [2.05, 4.69) is 10.3 Å². The third-order valence-corrected chi connectivity index (χ3v) is 2.72. The molecule has 0 bridgehead atoms. The second-order valence-corrected chi connectivity index (χ2v) is 3.93. The fraction of sp³-hybridized carbons (Fsp3) is 0.417. The Morgan fingerprint density at radius 3 is 3.06 bits per heavy atom. The highest BCUT2D eigenvalue weighted by Gasteiger charge is 2.08. The average Bonchev–Trinajstić information content (AvgIpc) is 2.67. The topological polar surface area (TPSA) is 50.1 Å². The van der Waals surface area contributed by atoms with Crippen molar-refractivity contribution in [1.29, 1.82) is 0 Å². The van der Waals surface area contributed by atoms with Crippen LogP contribution in [0.5, 0.6) is 0 Å². The summed E-state index contributed by atoms with van der Waals surface area (Å²) < 4.78 is 1.97. The van der Waals surface area contributed by atoms with Crippen LogP contribution in [0, 0.1) is 0 Å². The van der Waals surface area contributed by atoms with Crippen LogP contribution < -0.4 is 5.32 Å². The highest BCUT2D eigenvalue weighted by atomic mass is 16.3. The lowest BCUT2D eigenvalue weighted by molar-refractivity contribution is 0.176. The Kier molecular flexibility index (Phi) is 3.22. The van der Waals surface area contributed by atoms with Gasteiger partial charge < -0.3 is 15.0 Å². The van der Waals surface area contributed by atoms with E-state index in [-0.39, 0.29) is 0 Å². The van der Waals surface area contributed by atoms with Gasteiger partial charge in [-0.1, -0.05) is 13.0 Å². The first kappa shape index (κ1) is 11.1. The van der Waals surface area contributed by atoms with Crippen molar-refractivity contribution in [2.45, 2.75) is 13.0 Å². The minimum absolute atomic E-state index is 0.466. The summed E-state index contributed by atoms with van der Waals surface area (Å²) in [6.45, 7) is 3.46. The van der Waals surface area contributed by atoms with Crippen molar-refractivity contribution in [3.8, 4) is 0 Å². The van der Waals surface area contributed by atoms with Gasteiger partial charge in [-0.15, -0.1) is 0 Å². The minimum Gasteiger partial charge on any atom is -0.387 e. The summed E-state index contributed by atoms with van der Waals surface area (Å²) in [6.07, 6.45) is 1.32. The second-order valence-electron chi connectivity index (χ2n) is 3.93. The van der Waals surface area contributed by atoms with Gasteiger partial charge in [0.1, 0.15) is 0 Å². The number of imidazole rings is 1. The van der Waals surface area contributed by atoms with E-state index < -0.39 is 6.10 Å². The molecule has 16 heavy (non-hydrogen) atoms. The van der Waals surface area contributed by atoms with Crippen LogP contribution in [-0.4, -0.2) is 27.7 Å². The Balaban J connectivity index is 2.25.